The van der Waals surface area contributed by atoms with Crippen molar-refractivity contribution in [3.63, 3.8) is 0 Å². The first-order chi connectivity index (χ1) is 13.6. The van der Waals surface area contributed by atoms with Crippen LogP contribution in [0.2, 0.25) is 0 Å². The number of aromatic amines is 1. The molecule has 1 atom stereocenters. The predicted molar refractivity (Wildman–Crippen MR) is 106 cm³/mol. The maximum atomic E-state index is 10.6. The first-order valence-corrected chi connectivity index (χ1v) is 9.42. The molecule has 0 radical (unpaired) electrons. The van der Waals surface area contributed by atoms with Crippen LogP contribution in [0.5, 0.6) is 11.5 Å². The molecule has 1 fully saturated rings. The third kappa shape index (κ3) is 4.54. The Kier molecular flexibility index (Phi) is 5.06. The van der Waals surface area contributed by atoms with Gasteiger partial charge in [0.2, 0.25) is 0 Å². The number of ether oxygens (including phenoxy) is 2. The minimum Gasteiger partial charge on any atom is -0.493 e. The van der Waals surface area contributed by atoms with Crippen molar-refractivity contribution < 1.29 is 19.4 Å². The van der Waals surface area contributed by atoms with Gasteiger partial charge in [-0.1, -0.05) is 0 Å². The van der Waals surface area contributed by atoms with E-state index in [1.54, 1.807) is 6.92 Å². The fraction of sp³-hybridized carbons (Fsp3) is 0.333. The van der Waals surface area contributed by atoms with Crippen molar-refractivity contribution in [2.75, 3.05) is 13.2 Å². The van der Waals surface area contributed by atoms with Gasteiger partial charge in [0.25, 0.3) is 0 Å². The second-order valence-electron chi connectivity index (χ2n) is 7.20. The molecule has 7 nitrogen and oxygen atoms in total. The second-order valence-corrected chi connectivity index (χ2v) is 7.20. The summed E-state index contributed by atoms with van der Waals surface area (Å²) in [5.74, 6) is 3.05. The molecule has 1 aliphatic carbocycles. The van der Waals surface area contributed by atoms with Crippen LogP contribution in [0.25, 0.3) is 22.4 Å². The van der Waals surface area contributed by atoms with Crippen LogP contribution in [0.15, 0.2) is 42.5 Å². The number of amides is 1. The van der Waals surface area contributed by atoms with Crippen LogP contribution in [0, 0.1) is 5.92 Å². The van der Waals surface area contributed by atoms with Crippen molar-refractivity contribution in [1.82, 2.24) is 15.3 Å². The molecular weight excluding hydrogens is 358 g/mol. The molecule has 28 heavy (non-hydrogen) atoms. The van der Waals surface area contributed by atoms with E-state index in [1.165, 1.54) is 12.8 Å². The van der Waals surface area contributed by atoms with Crippen molar-refractivity contribution in [3.8, 4) is 22.9 Å². The molecule has 0 aliphatic heterocycles. The Labute approximate surface area is 162 Å². The number of nitrogens with one attached hydrogen (secondary N) is 2. The molecule has 3 aromatic rings. The molecule has 1 amide bonds. The van der Waals surface area contributed by atoms with Crippen LogP contribution in [-0.2, 0) is 0 Å². The van der Waals surface area contributed by atoms with Crippen LogP contribution in [0.4, 0.5) is 4.79 Å². The summed E-state index contributed by atoms with van der Waals surface area (Å²) in [6.07, 6.45) is 1.49. The van der Waals surface area contributed by atoms with E-state index in [2.05, 4.69) is 15.3 Å². The summed E-state index contributed by atoms with van der Waals surface area (Å²) in [7, 11) is 0. The number of H-pyrrole nitrogens is 1. The topological polar surface area (TPSA) is 96.5 Å². The van der Waals surface area contributed by atoms with Gasteiger partial charge >= 0.3 is 6.09 Å². The molecule has 4 rings (SSSR count). The quantitative estimate of drug-likeness (QED) is 0.547. The standard InChI is InChI=1S/C21H23N3O4/c1-13(22-21(25)26)11-27-17-8-9-18-19(10-17)24-20(23-18)15-4-6-16(7-5-15)28-12-14-2-3-14/h4-10,13-14,22H,2-3,11-12H2,1H3,(H,23,24)(H,25,26)/t13-/m0/s1. The van der Waals surface area contributed by atoms with E-state index < -0.39 is 6.09 Å². The van der Waals surface area contributed by atoms with Crippen LogP contribution < -0.4 is 14.8 Å². The van der Waals surface area contributed by atoms with E-state index in [1.807, 2.05) is 42.5 Å². The highest BCUT2D eigenvalue weighted by molar-refractivity contribution is 5.80. The molecule has 1 saturated carbocycles. The van der Waals surface area contributed by atoms with E-state index >= 15 is 0 Å². The van der Waals surface area contributed by atoms with Crippen molar-refractivity contribution in [1.29, 1.82) is 0 Å². The lowest BCUT2D eigenvalue weighted by Crippen LogP contribution is -2.35. The monoisotopic (exact) mass is 381 g/mol. The number of hydrogen-bond donors (Lipinski definition) is 3. The van der Waals surface area contributed by atoms with Crippen molar-refractivity contribution in [3.05, 3.63) is 42.5 Å². The Hall–Kier alpha value is -3.22. The van der Waals surface area contributed by atoms with Gasteiger partial charge in [0, 0.05) is 11.6 Å². The SMILES string of the molecule is C[C@@H](COc1ccc2nc(-c3ccc(OCC4CC4)cc3)[nH]c2c1)NC(=O)O. The van der Waals surface area contributed by atoms with Gasteiger partial charge in [-0.3, -0.25) is 0 Å². The summed E-state index contributed by atoms with van der Waals surface area (Å²) in [4.78, 5) is 18.6. The van der Waals surface area contributed by atoms with Gasteiger partial charge in [0.1, 0.15) is 23.9 Å². The van der Waals surface area contributed by atoms with Gasteiger partial charge in [-0.2, -0.15) is 0 Å². The number of rotatable bonds is 8. The van der Waals surface area contributed by atoms with E-state index in [4.69, 9.17) is 14.6 Å². The van der Waals surface area contributed by atoms with E-state index in [0.29, 0.717) is 5.75 Å². The lowest BCUT2D eigenvalue weighted by Gasteiger charge is -2.12. The number of carbonyl (C=O) groups is 1. The zero-order valence-corrected chi connectivity index (χ0v) is 15.6. The summed E-state index contributed by atoms with van der Waals surface area (Å²) in [5, 5.41) is 11.1. The molecule has 1 aromatic heterocycles. The number of carboxylic acid groups (broad SMARTS) is 1. The van der Waals surface area contributed by atoms with Gasteiger partial charge in [0.15, 0.2) is 0 Å². The van der Waals surface area contributed by atoms with Gasteiger partial charge in [-0.05, 0) is 62.1 Å². The number of imidazole rings is 1. The second kappa shape index (κ2) is 7.80. The Bertz CT molecular complexity index is 963. The summed E-state index contributed by atoms with van der Waals surface area (Å²) >= 11 is 0. The molecule has 146 valence electrons. The highest BCUT2D eigenvalue weighted by atomic mass is 16.5. The van der Waals surface area contributed by atoms with Crippen molar-refractivity contribution in [2.45, 2.75) is 25.8 Å². The molecule has 0 spiro atoms. The first-order valence-electron chi connectivity index (χ1n) is 9.42. The molecule has 7 heteroatoms. The average molecular weight is 381 g/mol. The smallest absolute Gasteiger partial charge is 0.404 e. The highest BCUT2D eigenvalue weighted by Gasteiger charge is 2.21. The number of fused-ring (bicyclic) bond motifs is 1. The van der Waals surface area contributed by atoms with Gasteiger partial charge in [-0.15, -0.1) is 0 Å². The van der Waals surface area contributed by atoms with Gasteiger partial charge < -0.3 is 24.9 Å². The van der Waals surface area contributed by atoms with Crippen LogP contribution in [0.1, 0.15) is 19.8 Å². The third-order valence-electron chi connectivity index (χ3n) is 4.63. The minimum atomic E-state index is -1.06. The average Bonchev–Trinajstić information content (AvgIpc) is 3.41. The molecule has 0 bridgehead atoms. The Morgan fingerprint density at radius 1 is 1.21 bits per heavy atom. The Morgan fingerprint density at radius 3 is 2.68 bits per heavy atom. The Morgan fingerprint density at radius 2 is 1.96 bits per heavy atom. The number of hydrogen-bond acceptors (Lipinski definition) is 4. The van der Waals surface area contributed by atoms with Gasteiger partial charge in [-0.25, -0.2) is 9.78 Å². The molecule has 0 unspecified atom stereocenters. The fourth-order valence-electron chi connectivity index (χ4n) is 2.90. The largest absolute Gasteiger partial charge is 0.493 e. The zero-order valence-electron chi connectivity index (χ0n) is 15.6. The van der Waals surface area contributed by atoms with Crippen LogP contribution >= 0.6 is 0 Å². The molecule has 3 N–H and O–H groups in total. The maximum absolute atomic E-state index is 10.6. The highest BCUT2D eigenvalue weighted by Crippen LogP contribution is 2.30. The van der Waals surface area contributed by atoms with Gasteiger partial charge in [0.05, 0.1) is 23.7 Å². The summed E-state index contributed by atoms with van der Waals surface area (Å²) in [5.41, 5.74) is 2.69. The van der Waals surface area contributed by atoms with Crippen LogP contribution in [0.3, 0.4) is 0 Å². The summed E-state index contributed by atoms with van der Waals surface area (Å²) in [6, 6.07) is 13.2. The number of nitrogens with zero attached hydrogens (tertiary/aromatic N) is 1. The third-order valence-corrected chi connectivity index (χ3v) is 4.63. The zero-order chi connectivity index (χ0) is 19.5. The maximum Gasteiger partial charge on any atom is 0.404 e. The van der Waals surface area contributed by atoms with E-state index in [0.717, 1.165) is 40.7 Å². The Balaban J connectivity index is 1.43. The number of aromatic nitrogens is 2. The fourth-order valence-corrected chi connectivity index (χ4v) is 2.90. The molecule has 1 aliphatic rings. The lowest BCUT2D eigenvalue weighted by atomic mass is 10.2. The van der Waals surface area contributed by atoms with E-state index in [9.17, 15) is 4.79 Å². The molecule has 2 aromatic carbocycles. The predicted octanol–water partition coefficient (Wildman–Crippen LogP) is 4.05. The van der Waals surface area contributed by atoms with Crippen LogP contribution in [-0.4, -0.2) is 40.4 Å². The first kappa shape index (κ1) is 18.2. The molecule has 1 heterocycles. The number of benzene rings is 2. The minimum absolute atomic E-state index is 0.251. The normalized spacial score (nSPS) is 14.6. The summed E-state index contributed by atoms with van der Waals surface area (Å²) < 4.78 is 11.4. The molecular formula is C21H23N3O4. The molecule has 0 saturated heterocycles. The van der Waals surface area contributed by atoms with Crippen molar-refractivity contribution in [2.24, 2.45) is 5.92 Å². The lowest BCUT2D eigenvalue weighted by molar-refractivity contribution is 0.183. The summed E-state index contributed by atoms with van der Waals surface area (Å²) in [6.45, 7) is 2.80. The van der Waals surface area contributed by atoms with Crippen molar-refractivity contribution >= 4 is 17.1 Å². The van der Waals surface area contributed by atoms with E-state index in [-0.39, 0.29) is 12.6 Å².